The minimum atomic E-state index is -0.871. The largest absolute Gasteiger partial charge is 0.344 e. The number of rotatable bonds is 5. The second-order valence-corrected chi connectivity index (χ2v) is 5.25. The Kier molecular flexibility index (Phi) is 4.94. The lowest BCUT2D eigenvalue weighted by molar-refractivity contribution is -0.392. The molecule has 0 bridgehead atoms. The minimum Gasteiger partial charge on any atom is -0.344 e. The first-order chi connectivity index (χ1) is 11.8. The fourth-order valence-corrected chi connectivity index (χ4v) is 2.26. The van der Waals surface area contributed by atoms with Crippen LogP contribution in [0.15, 0.2) is 30.3 Å². The summed E-state index contributed by atoms with van der Waals surface area (Å²) < 4.78 is 0. The Bertz CT molecular complexity index is 846. The molecule has 0 saturated heterocycles. The molecule has 25 heavy (non-hydrogen) atoms. The molecular formula is C15H15N5O5. The van der Waals surface area contributed by atoms with Gasteiger partial charge in [-0.1, -0.05) is 12.1 Å². The third-order valence-corrected chi connectivity index (χ3v) is 3.75. The molecule has 10 nitrogen and oxygen atoms in total. The summed E-state index contributed by atoms with van der Waals surface area (Å²) in [5, 5.41) is 25.5. The van der Waals surface area contributed by atoms with Crippen LogP contribution in [0.25, 0.3) is 0 Å². The van der Waals surface area contributed by atoms with Crippen molar-refractivity contribution in [1.29, 1.82) is 0 Å². The summed E-state index contributed by atoms with van der Waals surface area (Å²) in [6.07, 6.45) is 0. The lowest BCUT2D eigenvalue weighted by atomic mass is 10.1. The van der Waals surface area contributed by atoms with Crippen molar-refractivity contribution < 1.29 is 14.6 Å². The van der Waals surface area contributed by atoms with Crippen molar-refractivity contribution in [3.63, 3.8) is 0 Å². The third kappa shape index (κ3) is 3.53. The van der Waals surface area contributed by atoms with Crippen LogP contribution in [0, 0.1) is 34.1 Å². The van der Waals surface area contributed by atoms with Crippen molar-refractivity contribution in [1.82, 2.24) is 5.43 Å². The van der Waals surface area contributed by atoms with E-state index in [0.717, 1.165) is 23.3 Å². The van der Waals surface area contributed by atoms with Crippen molar-refractivity contribution in [3.8, 4) is 0 Å². The fraction of sp³-hybridized carbons (Fsp3) is 0.133. The molecule has 0 aliphatic heterocycles. The number of hydrazine groups is 1. The van der Waals surface area contributed by atoms with Gasteiger partial charge in [-0.3, -0.25) is 30.4 Å². The van der Waals surface area contributed by atoms with Crippen LogP contribution in [-0.4, -0.2) is 15.8 Å². The van der Waals surface area contributed by atoms with Crippen molar-refractivity contribution >= 4 is 28.7 Å². The summed E-state index contributed by atoms with van der Waals surface area (Å²) in [6, 6.07) is 7.08. The molecular weight excluding hydrogens is 330 g/mol. The zero-order valence-electron chi connectivity index (χ0n) is 13.4. The molecule has 0 atom stereocenters. The molecule has 2 aromatic carbocycles. The highest BCUT2D eigenvalue weighted by Crippen LogP contribution is 2.38. The van der Waals surface area contributed by atoms with E-state index in [1.54, 1.807) is 24.5 Å². The summed E-state index contributed by atoms with van der Waals surface area (Å²) in [5.74, 6) is 4.13. The molecule has 10 heteroatoms. The zero-order chi connectivity index (χ0) is 18.7. The van der Waals surface area contributed by atoms with Crippen LogP contribution in [0.1, 0.15) is 21.5 Å². The standard InChI is InChI=1S/C15H15N5O5/c1-8-4-3-5-11(9(8)2)17-14-12(19(22)23)6-10(15(21)18-16)7-13(14)20(24)25/h3-7,17H,16H2,1-2H3,(H,18,21). The van der Waals surface area contributed by atoms with Crippen molar-refractivity contribution in [2.45, 2.75) is 13.8 Å². The first kappa shape index (κ1) is 17.8. The molecule has 0 fully saturated rings. The number of nitrogen functional groups attached to an aromatic ring is 1. The van der Waals surface area contributed by atoms with Crippen molar-refractivity contribution in [2.24, 2.45) is 5.84 Å². The molecule has 0 aromatic heterocycles. The topological polar surface area (TPSA) is 153 Å². The van der Waals surface area contributed by atoms with Crippen LogP contribution in [0.5, 0.6) is 0 Å². The zero-order valence-corrected chi connectivity index (χ0v) is 13.4. The number of carbonyl (C=O) groups excluding carboxylic acids is 1. The maximum atomic E-state index is 11.6. The van der Waals surface area contributed by atoms with Gasteiger partial charge >= 0.3 is 11.4 Å². The number of amides is 1. The molecule has 0 saturated carbocycles. The number of anilines is 2. The molecule has 1 amide bonds. The Morgan fingerprint density at radius 3 is 2.12 bits per heavy atom. The van der Waals surface area contributed by atoms with E-state index in [1.165, 1.54) is 0 Å². The monoisotopic (exact) mass is 345 g/mol. The summed E-state index contributed by atoms with van der Waals surface area (Å²) in [5.41, 5.74) is 2.18. The average Bonchev–Trinajstić information content (AvgIpc) is 2.57. The van der Waals surface area contributed by atoms with Gasteiger partial charge in [0, 0.05) is 17.8 Å². The Morgan fingerprint density at radius 2 is 1.64 bits per heavy atom. The predicted molar refractivity (Wildman–Crippen MR) is 90.6 cm³/mol. The molecule has 0 spiro atoms. The number of hydrogen-bond acceptors (Lipinski definition) is 7. The van der Waals surface area contributed by atoms with Gasteiger partial charge in [-0.2, -0.15) is 0 Å². The quantitative estimate of drug-likeness (QED) is 0.325. The number of carbonyl (C=O) groups is 1. The number of nitro benzene ring substituents is 2. The van der Waals surface area contributed by atoms with Gasteiger partial charge in [0.2, 0.25) is 0 Å². The van der Waals surface area contributed by atoms with E-state index >= 15 is 0 Å². The van der Waals surface area contributed by atoms with Crippen molar-refractivity contribution in [3.05, 3.63) is 67.3 Å². The molecule has 4 N–H and O–H groups in total. The first-order valence-electron chi connectivity index (χ1n) is 7.07. The Balaban J connectivity index is 2.70. The van der Waals surface area contributed by atoms with E-state index in [-0.39, 0.29) is 11.3 Å². The highest BCUT2D eigenvalue weighted by Gasteiger charge is 2.29. The van der Waals surface area contributed by atoms with E-state index in [2.05, 4.69) is 5.32 Å². The van der Waals surface area contributed by atoms with Gasteiger partial charge in [0.05, 0.1) is 15.4 Å². The first-order valence-corrected chi connectivity index (χ1v) is 7.07. The van der Waals surface area contributed by atoms with Gasteiger partial charge in [0.25, 0.3) is 5.91 Å². The molecule has 2 aromatic rings. The lowest BCUT2D eigenvalue weighted by Crippen LogP contribution is -2.30. The Morgan fingerprint density at radius 1 is 1.08 bits per heavy atom. The van der Waals surface area contributed by atoms with Gasteiger partial charge in [-0.05, 0) is 31.0 Å². The van der Waals surface area contributed by atoms with E-state index in [1.807, 2.05) is 13.0 Å². The highest BCUT2D eigenvalue weighted by atomic mass is 16.6. The number of nitrogens with two attached hydrogens (primary N) is 1. The Labute approximate surface area is 141 Å². The van der Waals surface area contributed by atoms with Gasteiger partial charge in [0.1, 0.15) is 0 Å². The van der Waals surface area contributed by atoms with Crippen LogP contribution in [0.4, 0.5) is 22.7 Å². The summed E-state index contributed by atoms with van der Waals surface area (Å²) >= 11 is 0. The van der Waals surface area contributed by atoms with Crippen LogP contribution in [0.3, 0.4) is 0 Å². The van der Waals surface area contributed by atoms with Gasteiger partial charge in [0.15, 0.2) is 5.69 Å². The normalized spacial score (nSPS) is 10.2. The van der Waals surface area contributed by atoms with Gasteiger partial charge in [-0.15, -0.1) is 0 Å². The Hall–Kier alpha value is -3.53. The van der Waals surface area contributed by atoms with E-state index < -0.39 is 27.1 Å². The molecule has 0 aliphatic carbocycles. The van der Waals surface area contributed by atoms with Crippen LogP contribution in [-0.2, 0) is 0 Å². The van der Waals surface area contributed by atoms with Crippen LogP contribution in [0.2, 0.25) is 0 Å². The molecule has 0 aliphatic rings. The number of nitrogens with zero attached hydrogens (tertiary/aromatic N) is 2. The van der Waals surface area contributed by atoms with E-state index in [0.29, 0.717) is 5.69 Å². The number of hydrogen-bond donors (Lipinski definition) is 3. The molecule has 0 radical (unpaired) electrons. The van der Waals surface area contributed by atoms with Crippen LogP contribution < -0.4 is 16.6 Å². The predicted octanol–water partition coefficient (Wildman–Crippen LogP) is 2.47. The number of aryl methyl sites for hydroxylation is 1. The van der Waals surface area contributed by atoms with E-state index in [9.17, 15) is 25.0 Å². The van der Waals surface area contributed by atoms with Crippen LogP contribution >= 0.6 is 0 Å². The summed E-state index contributed by atoms with van der Waals surface area (Å²) in [4.78, 5) is 32.8. The highest BCUT2D eigenvalue weighted by molar-refractivity contribution is 5.97. The summed E-state index contributed by atoms with van der Waals surface area (Å²) in [6.45, 7) is 3.63. The third-order valence-electron chi connectivity index (χ3n) is 3.75. The van der Waals surface area contributed by atoms with E-state index in [4.69, 9.17) is 5.84 Å². The minimum absolute atomic E-state index is 0.285. The number of nitro groups is 2. The van der Waals surface area contributed by atoms with Crippen molar-refractivity contribution in [2.75, 3.05) is 5.32 Å². The fourth-order valence-electron chi connectivity index (χ4n) is 2.26. The molecule has 0 unspecified atom stereocenters. The number of nitrogens with one attached hydrogen (secondary N) is 2. The second kappa shape index (κ2) is 6.93. The average molecular weight is 345 g/mol. The molecule has 2 rings (SSSR count). The SMILES string of the molecule is Cc1cccc(Nc2c([N+](=O)[O-])cc(C(=O)NN)cc2[N+](=O)[O-])c1C. The van der Waals surface area contributed by atoms with Gasteiger partial charge < -0.3 is 5.32 Å². The second-order valence-electron chi connectivity index (χ2n) is 5.25. The molecule has 130 valence electrons. The van der Waals surface area contributed by atoms with Gasteiger partial charge in [-0.25, -0.2) is 5.84 Å². The smallest absolute Gasteiger partial charge is 0.300 e. The number of benzene rings is 2. The lowest BCUT2D eigenvalue weighted by Gasteiger charge is -2.12. The maximum Gasteiger partial charge on any atom is 0.300 e. The molecule has 0 heterocycles. The maximum absolute atomic E-state index is 11.6. The summed E-state index contributed by atoms with van der Waals surface area (Å²) in [7, 11) is 0.